The van der Waals surface area contributed by atoms with Crippen molar-refractivity contribution in [1.82, 2.24) is 19.3 Å². The van der Waals surface area contributed by atoms with E-state index in [4.69, 9.17) is 4.52 Å². The first-order valence-electron chi connectivity index (χ1n) is 13.5. The maximum atomic E-state index is 13.4. The number of anilines is 1. The maximum Gasteiger partial charge on any atom is 0.324 e. The highest BCUT2D eigenvalue weighted by atomic mass is 32.2. The lowest BCUT2D eigenvalue weighted by Crippen LogP contribution is -2.53. The number of hydrogen-bond acceptors (Lipinski definition) is 8. The number of piperidine rings is 1. The summed E-state index contributed by atoms with van der Waals surface area (Å²) in [6.45, 7) is 6.98. The highest BCUT2D eigenvalue weighted by Gasteiger charge is 2.36. The van der Waals surface area contributed by atoms with Crippen molar-refractivity contribution in [2.45, 2.75) is 48.2 Å². The molecule has 3 aromatic rings. The van der Waals surface area contributed by atoms with Crippen LogP contribution < -0.4 is 4.90 Å². The summed E-state index contributed by atoms with van der Waals surface area (Å²) in [4.78, 5) is 23.0. The second-order valence-corrected chi connectivity index (χ2v) is 13.3. The van der Waals surface area contributed by atoms with Gasteiger partial charge in [-0.1, -0.05) is 49.3 Å². The number of piperazine rings is 1. The van der Waals surface area contributed by atoms with Gasteiger partial charge in [-0.2, -0.15) is 9.29 Å². The highest BCUT2D eigenvalue weighted by molar-refractivity contribution is 7.98. The molecule has 2 aliphatic heterocycles. The van der Waals surface area contributed by atoms with E-state index >= 15 is 0 Å². The molecule has 0 radical (unpaired) electrons. The van der Waals surface area contributed by atoms with Crippen LogP contribution in [0.4, 0.5) is 6.01 Å². The third-order valence-corrected chi connectivity index (χ3v) is 10.2. The molecule has 39 heavy (non-hydrogen) atoms. The number of aromatic nitrogens is 2. The molecular formula is C28H35N5O4S2. The zero-order chi connectivity index (χ0) is 27.4. The number of amides is 1. The predicted molar refractivity (Wildman–Crippen MR) is 151 cm³/mol. The summed E-state index contributed by atoms with van der Waals surface area (Å²) in [6, 6.07) is 17.7. The van der Waals surface area contributed by atoms with Crippen molar-refractivity contribution in [2.75, 3.05) is 44.2 Å². The average molecular weight is 570 g/mol. The van der Waals surface area contributed by atoms with Crippen LogP contribution in [0.25, 0.3) is 0 Å². The molecule has 1 aromatic heterocycles. The van der Waals surface area contributed by atoms with E-state index in [-0.39, 0.29) is 29.2 Å². The minimum absolute atomic E-state index is 0.0237. The number of carbonyl (C=O) groups excluding carboxylic acids is 1. The second kappa shape index (κ2) is 12.1. The Hall–Kier alpha value is -2.89. The number of benzene rings is 2. The fourth-order valence-electron chi connectivity index (χ4n) is 4.93. The molecule has 1 amide bonds. The van der Waals surface area contributed by atoms with E-state index in [1.807, 2.05) is 54.0 Å². The Balaban J connectivity index is 1.16. The first-order chi connectivity index (χ1) is 18.8. The predicted octanol–water partition coefficient (Wildman–Crippen LogP) is 4.23. The Morgan fingerprint density at radius 1 is 1.03 bits per heavy atom. The standard InChI is InChI=1S/C28H35N5O4S2/c1-21(2)26-29-28(37-30-26)32-17-15-31(16-18-32)27(34)23-9-6-14-33(19-23)39(35,36)25-12-10-24(11-13-25)38-20-22-7-4-3-5-8-22/h3-5,7-8,10-13,21,23H,6,9,14-20H2,1-2H3/t23-/m1/s1. The quantitative estimate of drug-likeness (QED) is 0.372. The Morgan fingerprint density at radius 2 is 1.74 bits per heavy atom. The molecule has 3 heterocycles. The summed E-state index contributed by atoms with van der Waals surface area (Å²) in [7, 11) is -3.68. The second-order valence-electron chi connectivity index (χ2n) is 10.4. The van der Waals surface area contributed by atoms with Crippen LogP contribution in [0.5, 0.6) is 0 Å². The monoisotopic (exact) mass is 569 g/mol. The number of thioether (sulfide) groups is 1. The molecule has 2 aliphatic rings. The number of sulfonamides is 1. The molecule has 0 saturated carbocycles. The largest absolute Gasteiger partial charge is 0.339 e. The van der Waals surface area contributed by atoms with Gasteiger partial charge in [0.1, 0.15) is 0 Å². The lowest BCUT2D eigenvalue weighted by atomic mass is 9.98. The molecule has 0 spiro atoms. The molecule has 0 bridgehead atoms. The maximum absolute atomic E-state index is 13.4. The summed E-state index contributed by atoms with van der Waals surface area (Å²) >= 11 is 1.67. The summed E-state index contributed by atoms with van der Waals surface area (Å²) in [5, 5.41) is 4.03. The average Bonchev–Trinajstić information content (AvgIpc) is 3.48. The van der Waals surface area contributed by atoms with Gasteiger partial charge in [0.15, 0.2) is 5.82 Å². The summed E-state index contributed by atoms with van der Waals surface area (Å²) < 4.78 is 33.8. The van der Waals surface area contributed by atoms with Crippen molar-refractivity contribution in [2.24, 2.45) is 5.92 Å². The minimum Gasteiger partial charge on any atom is -0.339 e. The molecule has 1 atom stereocenters. The van der Waals surface area contributed by atoms with Gasteiger partial charge in [0.25, 0.3) is 0 Å². The van der Waals surface area contributed by atoms with Crippen LogP contribution in [0.2, 0.25) is 0 Å². The van der Waals surface area contributed by atoms with Crippen molar-refractivity contribution >= 4 is 33.7 Å². The summed E-state index contributed by atoms with van der Waals surface area (Å²) in [5.74, 6) is 1.37. The van der Waals surface area contributed by atoms with Gasteiger partial charge in [-0.05, 0) is 42.7 Å². The van der Waals surface area contributed by atoms with Crippen LogP contribution in [0.15, 0.2) is 68.9 Å². The normalized spacial score (nSPS) is 19.0. The minimum atomic E-state index is -3.68. The summed E-state index contributed by atoms with van der Waals surface area (Å²) in [6.07, 6.45) is 1.36. The molecule has 0 unspecified atom stereocenters. The number of nitrogens with zero attached hydrogens (tertiary/aromatic N) is 5. The van der Waals surface area contributed by atoms with Gasteiger partial charge in [0.05, 0.1) is 10.8 Å². The fraction of sp³-hybridized carbons (Fsp3) is 0.464. The zero-order valence-electron chi connectivity index (χ0n) is 22.4. The number of rotatable bonds is 8. The van der Waals surface area contributed by atoms with E-state index in [1.54, 1.807) is 23.9 Å². The number of carbonyl (C=O) groups is 1. The number of hydrogen-bond donors (Lipinski definition) is 0. The molecule has 9 nitrogen and oxygen atoms in total. The van der Waals surface area contributed by atoms with Crippen molar-refractivity contribution in [1.29, 1.82) is 0 Å². The topological polar surface area (TPSA) is 99.9 Å². The van der Waals surface area contributed by atoms with Gasteiger partial charge in [-0.15, -0.1) is 11.8 Å². The van der Waals surface area contributed by atoms with Crippen LogP contribution in [-0.2, 0) is 20.6 Å². The molecule has 2 aromatic carbocycles. The van der Waals surface area contributed by atoms with E-state index in [2.05, 4.69) is 22.3 Å². The molecule has 2 fully saturated rings. The SMILES string of the molecule is CC(C)c1noc(N2CCN(C(=O)[C@@H]3CCCN(S(=O)(=O)c4ccc(SCc5ccccc5)cc4)C3)CC2)n1. The molecular weight excluding hydrogens is 534 g/mol. The van der Waals surface area contributed by atoms with Gasteiger partial charge in [0.2, 0.25) is 15.9 Å². The van der Waals surface area contributed by atoms with Gasteiger partial charge in [0, 0.05) is 55.8 Å². The molecule has 5 rings (SSSR count). The molecule has 11 heteroatoms. The first-order valence-corrected chi connectivity index (χ1v) is 15.9. The van der Waals surface area contributed by atoms with Crippen LogP contribution in [0, 0.1) is 5.92 Å². The molecule has 208 valence electrons. The Bertz CT molecular complexity index is 1350. The Kier molecular flexibility index (Phi) is 8.58. The van der Waals surface area contributed by atoms with Crippen LogP contribution in [-0.4, -0.2) is 72.9 Å². The lowest BCUT2D eigenvalue weighted by Gasteiger charge is -2.38. The molecule has 0 aliphatic carbocycles. The fourth-order valence-corrected chi connectivity index (χ4v) is 7.30. The van der Waals surface area contributed by atoms with E-state index in [1.165, 1.54) is 9.87 Å². The third kappa shape index (κ3) is 6.47. The highest BCUT2D eigenvalue weighted by Crippen LogP contribution is 2.28. The molecule has 2 saturated heterocycles. The van der Waals surface area contributed by atoms with Gasteiger partial charge in [-0.25, -0.2) is 8.42 Å². The Labute approximate surface area is 234 Å². The summed E-state index contributed by atoms with van der Waals surface area (Å²) in [5.41, 5.74) is 1.22. The van der Waals surface area contributed by atoms with Crippen LogP contribution in [0.1, 0.15) is 44.0 Å². The van der Waals surface area contributed by atoms with Crippen molar-refractivity contribution in [3.05, 3.63) is 66.0 Å². The van der Waals surface area contributed by atoms with Crippen LogP contribution in [0.3, 0.4) is 0 Å². The van der Waals surface area contributed by atoms with E-state index in [0.717, 1.165) is 10.6 Å². The lowest BCUT2D eigenvalue weighted by molar-refractivity contribution is -0.137. The Morgan fingerprint density at radius 3 is 2.41 bits per heavy atom. The smallest absolute Gasteiger partial charge is 0.324 e. The van der Waals surface area contributed by atoms with Gasteiger partial charge in [-0.3, -0.25) is 4.79 Å². The van der Waals surface area contributed by atoms with Crippen molar-refractivity contribution in [3.8, 4) is 0 Å². The third-order valence-electron chi connectivity index (χ3n) is 7.25. The van der Waals surface area contributed by atoms with E-state index in [9.17, 15) is 13.2 Å². The van der Waals surface area contributed by atoms with Crippen molar-refractivity contribution < 1.29 is 17.7 Å². The van der Waals surface area contributed by atoms with Crippen molar-refractivity contribution in [3.63, 3.8) is 0 Å². The zero-order valence-corrected chi connectivity index (χ0v) is 24.0. The van der Waals surface area contributed by atoms with Gasteiger partial charge < -0.3 is 14.3 Å². The van der Waals surface area contributed by atoms with Crippen LogP contribution >= 0.6 is 11.8 Å². The van der Waals surface area contributed by atoms with E-state index < -0.39 is 10.0 Å². The van der Waals surface area contributed by atoms with Gasteiger partial charge >= 0.3 is 6.01 Å². The van der Waals surface area contributed by atoms with E-state index in [0.29, 0.717) is 57.4 Å². The first kappa shape index (κ1) is 27.7. The molecule has 0 N–H and O–H groups in total.